The number of benzene rings is 3. The number of pyridine rings is 1. The van der Waals surface area contributed by atoms with Crippen LogP contribution in [0.5, 0.6) is 0 Å². The summed E-state index contributed by atoms with van der Waals surface area (Å²) >= 11 is 0. The molecule has 11 heteroatoms. The molecule has 2 aromatic heterocycles. The summed E-state index contributed by atoms with van der Waals surface area (Å²) in [5.41, 5.74) is 2.63. The van der Waals surface area contributed by atoms with Crippen molar-refractivity contribution in [3.8, 4) is 11.4 Å². The molecule has 0 aliphatic carbocycles. The molecular formula is C31H31FN6O3S. The summed E-state index contributed by atoms with van der Waals surface area (Å²) in [7, 11) is -3.53. The minimum Gasteiger partial charge on any atom is -0.382 e. The van der Waals surface area contributed by atoms with Crippen LogP contribution in [0.2, 0.25) is 0 Å². The Kier molecular flexibility index (Phi) is 6.70. The second kappa shape index (κ2) is 10.6. The summed E-state index contributed by atoms with van der Waals surface area (Å²) in [6, 6.07) is 18.8. The number of nitrogens with zero attached hydrogens (tertiary/aromatic N) is 2. The first kappa shape index (κ1) is 26.7. The van der Waals surface area contributed by atoms with Gasteiger partial charge in [0.05, 0.1) is 38.6 Å². The highest BCUT2D eigenvalue weighted by Crippen LogP contribution is 2.37. The van der Waals surface area contributed by atoms with Crippen molar-refractivity contribution < 1.29 is 12.8 Å². The van der Waals surface area contributed by atoms with Crippen LogP contribution in [0.25, 0.3) is 33.3 Å². The second-order valence-electron chi connectivity index (χ2n) is 11.1. The average Bonchev–Trinajstić information content (AvgIpc) is 3.43. The van der Waals surface area contributed by atoms with Gasteiger partial charge in [0.1, 0.15) is 17.2 Å². The summed E-state index contributed by atoms with van der Waals surface area (Å²) in [6.45, 7) is 3.00. The molecule has 216 valence electrons. The molecule has 2 bridgehead atoms. The van der Waals surface area contributed by atoms with Crippen molar-refractivity contribution in [3.05, 3.63) is 82.9 Å². The highest BCUT2D eigenvalue weighted by atomic mass is 32.2. The predicted molar refractivity (Wildman–Crippen MR) is 163 cm³/mol. The Morgan fingerprint density at radius 3 is 2.48 bits per heavy atom. The van der Waals surface area contributed by atoms with Crippen LogP contribution < -0.4 is 16.2 Å². The van der Waals surface area contributed by atoms with Gasteiger partial charge in [-0.3, -0.25) is 4.79 Å². The molecule has 1 atom stereocenters. The maximum Gasteiger partial charge on any atom is 0.261 e. The van der Waals surface area contributed by atoms with E-state index in [0.717, 1.165) is 43.5 Å². The molecular weight excluding hydrogens is 555 g/mol. The van der Waals surface area contributed by atoms with Crippen LogP contribution in [-0.2, 0) is 9.84 Å². The Bertz CT molecular complexity index is 1920. The van der Waals surface area contributed by atoms with E-state index >= 15 is 4.39 Å². The van der Waals surface area contributed by atoms with Crippen molar-refractivity contribution in [1.29, 1.82) is 0 Å². The molecule has 0 saturated carbocycles. The molecule has 3 fully saturated rings. The number of nitrogens with one attached hydrogen (secondary N) is 4. The smallest absolute Gasteiger partial charge is 0.261 e. The van der Waals surface area contributed by atoms with Gasteiger partial charge in [0.2, 0.25) is 0 Å². The van der Waals surface area contributed by atoms with E-state index in [9.17, 15) is 13.2 Å². The monoisotopic (exact) mass is 586 g/mol. The number of hydrogen-bond acceptors (Lipinski definition) is 7. The lowest BCUT2D eigenvalue weighted by Crippen LogP contribution is -2.53. The van der Waals surface area contributed by atoms with E-state index in [1.165, 1.54) is 12.1 Å². The van der Waals surface area contributed by atoms with Crippen molar-refractivity contribution in [1.82, 2.24) is 19.9 Å². The summed E-state index contributed by atoms with van der Waals surface area (Å²) in [4.78, 5) is 27.2. The number of imidazole rings is 1. The van der Waals surface area contributed by atoms with Gasteiger partial charge in [0, 0.05) is 24.5 Å². The zero-order chi connectivity index (χ0) is 28.8. The fourth-order valence-corrected chi connectivity index (χ4v) is 7.46. The number of rotatable bonds is 8. The Morgan fingerprint density at radius 1 is 0.976 bits per heavy atom. The lowest BCUT2D eigenvalue weighted by atomic mass is 9.83. The van der Waals surface area contributed by atoms with Crippen LogP contribution in [-0.4, -0.2) is 66.2 Å². The Morgan fingerprint density at radius 2 is 1.74 bits per heavy atom. The van der Waals surface area contributed by atoms with E-state index in [2.05, 4.69) is 25.5 Å². The fourth-order valence-electron chi connectivity index (χ4n) is 6.28. The summed E-state index contributed by atoms with van der Waals surface area (Å²) in [5, 5.41) is 7.09. The lowest BCUT2D eigenvalue weighted by Gasteiger charge is -2.45. The van der Waals surface area contributed by atoms with Crippen molar-refractivity contribution in [3.63, 3.8) is 0 Å². The molecule has 3 aromatic carbocycles. The van der Waals surface area contributed by atoms with Crippen LogP contribution in [0.4, 0.5) is 15.8 Å². The maximum absolute atomic E-state index is 15.6. The first-order chi connectivity index (χ1) is 20.4. The third-order valence-corrected chi connectivity index (χ3v) is 10.2. The van der Waals surface area contributed by atoms with E-state index in [0.29, 0.717) is 33.9 Å². The van der Waals surface area contributed by atoms with Crippen molar-refractivity contribution in [2.75, 3.05) is 42.6 Å². The number of hydrogen-bond donors (Lipinski definition) is 4. The summed E-state index contributed by atoms with van der Waals surface area (Å²) < 4.78 is 41.0. The molecule has 3 aliphatic rings. The van der Waals surface area contributed by atoms with E-state index < -0.39 is 15.7 Å². The van der Waals surface area contributed by atoms with Crippen LogP contribution in [0.15, 0.2) is 76.4 Å². The molecule has 9 nitrogen and oxygen atoms in total. The number of H-pyrrole nitrogens is 2. The number of halogens is 1. The molecule has 0 radical (unpaired) electrons. The van der Waals surface area contributed by atoms with Gasteiger partial charge in [0.15, 0.2) is 9.84 Å². The molecule has 0 spiro atoms. The van der Waals surface area contributed by atoms with E-state index in [4.69, 9.17) is 4.98 Å². The van der Waals surface area contributed by atoms with Crippen LogP contribution in [0, 0.1) is 11.7 Å². The Balaban J connectivity index is 1.26. The number of aromatic amines is 2. The zero-order valence-electron chi connectivity index (χ0n) is 22.9. The SMILES string of the molecule is O=c1[nH]c2cc(NCCS(=O)(=O)c3ccccc3)c(F)cc2c(N[C@H]2CN3CCC2CC3)c1-c1nc2ccccc2[nH]1. The van der Waals surface area contributed by atoms with Crippen LogP contribution in [0.1, 0.15) is 12.8 Å². The molecule has 5 aromatic rings. The number of anilines is 2. The molecule has 5 heterocycles. The van der Waals surface area contributed by atoms with Gasteiger partial charge in [-0.05, 0) is 68.2 Å². The lowest BCUT2D eigenvalue weighted by molar-refractivity contribution is 0.0976. The van der Waals surface area contributed by atoms with Gasteiger partial charge in [-0.2, -0.15) is 0 Å². The zero-order valence-corrected chi connectivity index (χ0v) is 23.7. The molecule has 8 rings (SSSR count). The van der Waals surface area contributed by atoms with Gasteiger partial charge >= 0.3 is 0 Å². The third-order valence-electron chi connectivity index (χ3n) is 8.50. The number of aromatic nitrogens is 3. The van der Waals surface area contributed by atoms with Crippen molar-refractivity contribution >= 4 is 43.1 Å². The third kappa shape index (κ3) is 4.92. The normalized spacial score (nSPS) is 20.3. The van der Waals surface area contributed by atoms with E-state index in [1.807, 2.05) is 24.3 Å². The summed E-state index contributed by atoms with van der Waals surface area (Å²) in [5.74, 6) is 0.129. The van der Waals surface area contributed by atoms with Gasteiger partial charge in [-0.25, -0.2) is 17.8 Å². The molecule has 0 amide bonds. The van der Waals surface area contributed by atoms with Crippen LogP contribution in [0.3, 0.4) is 0 Å². The fraction of sp³-hybridized carbons (Fsp3) is 0.290. The van der Waals surface area contributed by atoms with Crippen molar-refractivity contribution in [2.24, 2.45) is 5.92 Å². The Labute approximate surface area is 242 Å². The van der Waals surface area contributed by atoms with Crippen LogP contribution >= 0.6 is 0 Å². The van der Waals surface area contributed by atoms with Gasteiger partial charge in [-0.15, -0.1) is 0 Å². The molecule has 0 unspecified atom stereocenters. The van der Waals surface area contributed by atoms with Gasteiger partial charge < -0.3 is 25.5 Å². The quantitative estimate of drug-likeness (QED) is 0.210. The minimum atomic E-state index is -3.53. The topological polar surface area (TPSA) is 123 Å². The number of piperidine rings is 3. The number of sulfone groups is 1. The molecule has 3 saturated heterocycles. The largest absolute Gasteiger partial charge is 0.382 e. The van der Waals surface area contributed by atoms with E-state index in [1.54, 1.807) is 30.3 Å². The maximum atomic E-state index is 15.6. The standard InChI is InChI=1S/C31H31FN6O3S/c32-22-16-21-25(17-26(22)33-12-15-42(40,41)20-6-2-1-3-7-20)37-31(39)28(30-35-23-8-4-5-9-24(23)36-30)29(21)34-27-18-38-13-10-19(27)11-14-38/h1-9,16-17,19,27,33H,10-15,18H2,(H,35,36)(H2,34,37,39)/t27-/m0/s1. The number of fused-ring (bicyclic) bond motifs is 5. The highest BCUT2D eigenvalue weighted by molar-refractivity contribution is 7.91. The molecule has 42 heavy (non-hydrogen) atoms. The van der Waals surface area contributed by atoms with E-state index in [-0.39, 0.29) is 34.5 Å². The first-order valence-corrected chi connectivity index (χ1v) is 15.9. The van der Waals surface area contributed by atoms with Gasteiger partial charge in [-0.1, -0.05) is 30.3 Å². The molecule has 3 aliphatic heterocycles. The van der Waals surface area contributed by atoms with Crippen molar-refractivity contribution in [2.45, 2.75) is 23.8 Å². The summed E-state index contributed by atoms with van der Waals surface area (Å²) in [6.07, 6.45) is 2.15. The predicted octanol–water partition coefficient (Wildman–Crippen LogP) is 4.60. The minimum absolute atomic E-state index is 0.00561. The molecule has 4 N–H and O–H groups in total. The van der Waals surface area contributed by atoms with Gasteiger partial charge in [0.25, 0.3) is 5.56 Å². The first-order valence-electron chi connectivity index (χ1n) is 14.2. The Hall–Kier alpha value is -4.22. The highest BCUT2D eigenvalue weighted by Gasteiger charge is 2.35. The second-order valence-corrected chi connectivity index (χ2v) is 13.2. The number of para-hydroxylation sites is 2. The average molecular weight is 587 g/mol.